The second-order valence-electron chi connectivity index (χ2n) is 6.61. The van der Waals surface area contributed by atoms with E-state index >= 15 is 0 Å². The van der Waals surface area contributed by atoms with Crippen LogP contribution in [0.5, 0.6) is 0 Å². The van der Waals surface area contributed by atoms with E-state index in [1.807, 2.05) is 33.8 Å². The largest absolute Gasteiger partial charge is 0.444 e. The first-order chi connectivity index (χ1) is 9.83. The Morgan fingerprint density at radius 1 is 1.43 bits per heavy atom. The van der Waals surface area contributed by atoms with E-state index in [2.05, 4.69) is 15.8 Å². The van der Waals surface area contributed by atoms with Crippen molar-refractivity contribution in [3.8, 4) is 0 Å². The lowest BCUT2D eigenvalue weighted by Gasteiger charge is -2.25. The molecule has 1 aliphatic rings. The molecule has 2 N–H and O–H groups in total. The SMILES string of the molecule is Cc1cc(CN[C@H]2CCC[C@@H]2NC(=O)OC(C)(C)C)on1. The third-order valence-electron chi connectivity index (χ3n) is 3.43. The maximum absolute atomic E-state index is 11.8. The molecular weight excluding hydrogens is 270 g/mol. The molecule has 1 aliphatic carbocycles. The van der Waals surface area contributed by atoms with E-state index in [1.165, 1.54) is 0 Å². The van der Waals surface area contributed by atoms with E-state index in [1.54, 1.807) is 0 Å². The van der Waals surface area contributed by atoms with Gasteiger partial charge in [0.05, 0.1) is 12.2 Å². The number of nitrogens with zero attached hydrogens (tertiary/aromatic N) is 1. The van der Waals surface area contributed by atoms with E-state index in [9.17, 15) is 4.79 Å². The van der Waals surface area contributed by atoms with Crippen molar-refractivity contribution in [3.63, 3.8) is 0 Å². The Labute approximate surface area is 125 Å². The summed E-state index contributed by atoms with van der Waals surface area (Å²) in [7, 11) is 0. The normalized spacial score (nSPS) is 22.3. The third kappa shape index (κ3) is 5.04. The van der Waals surface area contributed by atoms with Crippen molar-refractivity contribution in [2.45, 2.75) is 71.2 Å². The average Bonchev–Trinajstić information content (AvgIpc) is 2.93. The molecule has 0 spiro atoms. The zero-order chi connectivity index (χ0) is 15.5. The molecule has 0 unspecified atom stereocenters. The first kappa shape index (κ1) is 15.8. The van der Waals surface area contributed by atoms with Crippen LogP contribution in [-0.4, -0.2) is 28.9 Å². The number of aryl methyl sites for hydroxylation is 1. The minimum Gasteiger partial charge on any atom is -0.444 e. The molecule has 1 fully saturated rings. The maximum Gasteiger partial charge on any atom is 0.407 e. The number of alkyl carbamates (subject to hydrolysis) is 1. The number of aromatic nitrogens is 1. The Bertz CT molecular complexity index is 479. The summed E-state index contributed by atoms with van der Waals surface area (Å²) < 4.78 is 10.5. The minimum absolute atomic E-state index is 0.101. The lowest BCUT2D eigenvalue weighted by Crippen LogP contribution is -2.47. The topological polar surface area (TPSA) is 76.4 Å². The third-order valence-corrected chi connectivity index (χ3v) is 3.43. The lowest BCUT2D eigenvalue weighted by atomic mass is 10.1. The quantitative estimate of drug-likeness (QED) is 0.892. The van der Waals surface area contributed by atoms with Gasteiger partial charge in [0.1, 0.15) is 5.60 Å². The van der Waals surface area contributed by atoms with E-state index in [-0.39, 0.29) is 18.2 Å². The second-order valence-corrected chi connectivity index (χ2v) is 6.61. The number of carbonyl (C=O) groups is 1. The second kappa shape index (κ2) is 6.47. The van der Waals surface area contributed by atoms with Crippen LogP contribution in [0.3, 0.4) is 0 Å². The predicted octanol–water partition coefficient (Wildman–Crippen LogP) is 2.52. The fourth-order valence-electron chi connectivity index (χ4n) is 2.57. The summed E-state index contributed by atoms with van der Waals surface area (Å²) in [6.45, 7) is 8.11. The molecule has 0 aliphatic heterocycles. The number of rotatable bonds is 4. The van der Waals surface area contributed by atoms with Gasteiger partial charge in [-0.2, -0.15) is 0 Å². The summed E-state index contributed by atoms with van der Waals surface area (Å²) in [4.78, 5) is 11.8. The highest BCUT2D eigenvalue weighted by Crippen LogP contribution is 2.20. The van der Waals surface area contributed by atoms with Crippen LogP contribution >= 0.6 is 0 Å². The van der Waals surface area contributed by atoms with Crippen LogP contribution in [0.1, 0.15) is 51.5 Å². The van der Waals surface area contributed by atoms with E-state index in [0.29, 0.717) is 6.54 Å². The number of hydrogen-bond acceptors (Lipinski definition) is 5. The van der Waals surface area contributed by atoms with Gasteiger partial charge in [0.25, 0.3) is 0 Å². The van der Waals surface area contributed by atoms with Crippen LogP contribution < -0.4 is 10.6 Å². The highest BCUT2D eigenvalue weighted by Gasteiger charge is 2.30. The fraction of sp³-hybridized carbons (Fsp3) is 0.733. The van der Waals surface area contributed by atoms with Gasteiger partial charge in [-0.25, -0.2) is 4.79 Å². The molecule has 0 aromatic carbocycles. The van der Waals surface area contributed by atoms with Gasteiger partial charge >= 0.3 is 6.09 Å². The first-order valence-electron chi connectivity index (χ1n) is 7.48. The zero-order valence-electron chi connectivity index (χ0n) is 13.2. The van der Waals surface area contributed by atoms with Gasteiger partial charge in [0.2, 0.25) is 0 Å². The van der Waals surface area contributed by atoms with Crippen LogP contribution in [0.15, 0.2) is 10.6 Å². The van der Waals surface area contributed by atoms with Crippen molar-refractivity contribution in [2.24, 2.45) is 0 Å². The Balaban J connectivity index is 1.81. The molecule has 1 aromatic heterocycles. The highest BCUT2D eigenvalue weighted by atomic mass is 16.6. The number of ether oxygens (including phenoxy) is 1. The van der Waals surface area contributed by atoms with E-state index in [4.69, 9.17) is 9.26 Å². The van der Waals surface area contributed by atoms with E-state index < -0.39 is 5.60 Å². The van der Waals surface area contributed by atoms with Crippen LogP contribution in [0.25, 0.3) is 0 Å². The molecule has 1 heterocycles. The van der Waals surface area contributed by atoms with Crippen LogP contribution in [-0.2, 0) is 11.3 Å². The van der Waals surface area contributed by atoms with Gasteiger partial charge in [0.15, 0.2) is 5.76 Å². The monoisotopic (exact) mass is 295 g/mol. The van der Waals surface area contributed by atoms with Crippen LogP contribution in [0.4, 0.5) is 4.79 Å². The van der Waals surface area contributed by atoms with Crippen molar-refractivity contribution in [1.29, 1.82) is 0 Å². The molecule has 0 radical (unpaired) electrons. The van der Waals surface area contributed by atoms with Gasteiger partial charge in [-0.05, 0) is 47.0 Å². The molecule has 1 amide bonds. The van der Waals surface area contributed by atoms with Gasteiger partial charge in [-0.15, -0.1) is 0 Å². The van der Waals surface area contributed by atoms with Gasteiger partial charge in [-0.3, -0.25) is 0 Å². The molecule has 6 heteroatoms. The first-order valence-corrected chi connectivity index (χ1v) is 7.48. The molecule has 21 heavy (non-hydrogen) atoms. The van der Waals surface area contributed by atoms with Crippen molar-refractivity contribution in [1.82, 2.24) is 15.8 Å². The molecular formula is C15H25N3O3. The summed E-state index contributed by atoms with van der Waals surface area (Å²) in [5, 5.41) is 10.2. The molecule has 2 rings (SSSR count). The lowest BCUT2D eigenvalue weighted by molar-refractivity contribution is 0.0498. The van der Waals surface area contributed by atoms with Crippen molar-refractivity contribution in [3.05, 3.63) is 17.5 Å². The van der Waals surface area contributed by atoms with E-state index in [0.717, 1.165) is 30.7 Å². The predicted molar refractivity (Wildman–Crippen MR) is 78.9 cm³/mol. The van der Waals surface area contributed by atoms with Gasteiger partial charge < -0.3 is 19.9 Å². The average molecular weight is 295 g/mol. The van der Waals surface area contributed by atoms with Gasteiger partial charge in [-0.1, -0.05) is 5.16 Å². The number of hydrogen-bond donors (Lipinski definition) is 2. The number of carbonyl (C=O) groups excluding carboxylic acids is 1. The Morgan fingerprint density at radius 2 is 2.14 bits per heavy atom. The standard InChI is InChI=1S/C15H25N3O3/c1-10-8-11(21-18-10)9-16-12-6-5-7-13(12)17-14(19)20-15(2,3)4/h8,12-13,16H,5-7,9H2,1-4H3,(H,17,19)/t12-,13-/m0/s1. The summed E-state index contributed by atoms with van der Waals surface area (Å²) >= 11 is 0. The Morgan fingerprint density at radius 3 is 2.76 bits per heavy atom. The molecule has 6 nitrogen and oxygen atoms in total. The molecule has 2 atom stereocenters. The summed E-state index contributed by atoms with van der Waals surface area (Å²) in [6.07, 6.45) is 2.74. The van der Waals surface area contributed by atoms with Crippen molar-refractivity contribution >= 4 is 6.09 Å². The molecule has 118 valence electrons. The molecule has 0 bridgehead atoms. The van der Waals surface area contributed by atoms with Crippen LogP contribution in [0.2, 0.25) is 0 Å². The van der Waals surface area contributed by atoms with Crippen LogP contribution in [0, 0.1) is 6.92 Å². The molecule has 0 saturated heterocycles. The smallest absolute Gasteiger partial charge is 0.407 e. The number of nitrogens with one attached hydrogen (secondary N) is 2. The zero-order valence-corrected chi connectivity index (χ0v) is 13.2. The van der Waals surface area contributed by atoms with Crippen molar-refractivity contribution < 1.29 is 14.1 Å². The molecule has 1 aromatic rings. The van der Waals surface area contributed by atoms with Crippen molar-refractivity contribution in [2.75, 3.05) is 0 Å². The summed E-state index contributed by atoms with van der Waals surface area (Å²) in [5.41, 5.74) is 0.407. The minimum atomic E-state index is -0.469. The summed E-state index contributed by atoms with van der Waals surface area (Å²) in [6, 6.07) is 2.25. The maximum atomic E-state index is 11.8. The number of amides is 1. The highest BCUT2D eigenvalue weighted by molar-refractivity contribution is 5.68. The Hall–Kier alpha value is -1.56. The fourth-order valence-corrected chi connectivity index (χ4v) is 2.57. The summed E-state index contributed by atoms with van der Waals surface area (Å²) in [5.74, 6) is 0.815. The molecule has 1 saturated carbocycles. The Kier molecular flexibility index (Phi) is 4.88. The van der Waals surface area contributed by atoms with Gasteiger partial charge in [0, 0.05) is 18.2 Å².